The lowest BCUT2D eigenvalue weighted by Gasteiger charge is -2.10. The molecule has 0 atom stereocenters. The average molecular weight is 238 g/mol. The fourth-order valence-corrected chi connectivity index (χ4v) is 1.51. The van der Waals surface area contributed by atoms with Crippen LogP contribution in [0.4, 0.5) is 0 Å². The highest BCUT2D eigenvalue weighted by molar-refractivity contribution is 5.75. The Bertz CT molecular complexity index is 308. The average Bonchev–Trinajstić information content (AvgIpc) is 2.80. The van der Waals surface area contributed by atoms with E-state index in [0.717, 1.165) is 32.5 Å². The molecule has 0 radical (unpaired) electrons. The third kappa shape index (κ3) is 6.06. The van der Waals surface area contributed by atoms with E-state index < -0.39 is 0 Å². The van der Waals surface area contributed by atoms with Gasteiger partial charge < -0.3 is 10.2 Å². The SMILES string of the molecule is CN(C)C(=O)CCCNCCCn1cccn1. The lowest BCUT2D eigenvalue weighted by molar-refractivity contribution is -0.128. The topological polar surface area (TPSA) is 50.2 Å². The number of hydrogen-bond acceptors (Lipinski definition) is 3. The van der Waals surface area contributed by atoms with Crippen molar-refractivity contribution in [2.75, 3.05) is 27.2 Å². The Labute approximate surface area is 103 Å². The van der Waals surface area contributed by atoms with E-state index in [4.69, 9.17) is 0 Å². The molecule has 0 aliphatic rings. The Morgan fingerprint density at radius 2 is 2.12 bits per heavy atom. The largest absolute Gasteiger partial charge is 0.349 e. The van der Waals surface area contributed by atoms with Gasteiger partial charge in [0.25, 0.3) is 0 Å². The lowest BCUT2D eigenvalue weighted by Crippen LogP contribution is -2.24. The van der Waals surface area contributed by atoms with E-state index in [2.05, 4.69) is 10.4 Å². The Morgan fingerprint density at radius 1 is 1.35 bits per heavy atom. The molecular formula is C12H22N4O. The second-order valence-corrected chi connectivity index (χ2v) is 4.26. The van der Waals surface area contributed by atoms with Crippen LogP contribution < -0.4 is 5.32 Å². The van der Waals surface area contributed by atoms with Gasteiger partial charge in [-0.2, -0.15) is 5.10 Å². The zero-order chi connectivity index (χ0) is 12.5. The summed E-state index contributed by atoms with van der Waals surface area (Å²) in [6.45, 7) is 2.81. The first-order chi connectivity index (χ1) is 8.20. The van der Waals surface area contributed by atoms with Crippen LogP contribution in [0.1, 0.15) is 19.3 Å². The number of hydrogen-bond donors (Lipinski definition) is 1. The van der Waals surface area contributed by atoms with Gasteiger partial charge in [-0.3, -0.25) is 9.48 Å². The molecule has 17 heavy (non-hydrogen) atoms. The smallest absolute Gasteiger partial charge is 0.222 e. The van der Waals surface area contributed by atoms with Crippen LogP contribution >= 0.6 is 0 Å². The van der Waals surface area contributed by atoms with Crippen LogP contribution in [0, 0.1) is 0 Å². The Kier molecular flexibility index (Phi) is 6.32. The van der Waals surface area contributed by atoms with E-state index in [9.17, 15) is 4.79 Å². The molecule has 1 heterocycles. The summed E-state index contributed by atoms with van der Waals surface area (Å²) in [7, 11) is 3.58. The van der Waals surface area contributed by atoms with E-state index in [1.54, 1.807) is 25.2 Å². The molecule has 0 aliphatic heterocycles. The summed E-state index contributed by atoms with van der Waals surface area (Å²) < 4.78 is 1.93. The van der Waals surface area contributed by atoms with Crippen molar-refractivity contribution in [3.05, 3.63) is 18.5 Å². The maximum absolute atomic E-state index is 11.3. The molecule has 0 bridgehead atoms. The molecule has 5 nitrogen and oxygen atoms in total. The van der Waals surface area contributed by atoms with Crippen LogP contribution in [0.5, 0.6) is 0 Å². The number of amides is 1. The van der Waals surface area contributed by atoms with Crippen molar-refractivity contribution in [3.8, 4) is 0 Å². The summed E-state index contributed by atoms with van der Waals surface area (Å²) in [5.74, 6) is 0.198. The molecule has 1 aromatic rings. The van der Waals surface area contributed by atoms with Crippen LogP contribution in [0.2, 0.25) is 0 Å². The van der Waals surface area contributed by atoms with Crippen LogP contribution in [-0.2, 0) is 11.3 Å². The third-order valence-corrected chi connectivity index (χ3v) is 2.54. The lowest BCUT2D eigenvalue weighted by atomic mass is 10.3. The fraction of sp³-hybridized carbons (Fsp3) is 0.667. The van der Waals surface area contributed by atoms with Gasteiger partial charge >= 0.3 is 0 Å². The summed E-state index contributed by atoms with van der Waals surface area (Å²) in [5, 5.41) is 7.46. The van der Waals surface area contributed by atoms with Crippen LogP contribution in [-0.4, -0.2) is 47.8 Å². The van der Waals surface area contributed by atoms with Crippen LogP contribution in [0.25, 0.3) is 0 Å². The Hall–Kier alpha value is -1.36. The number of carbonyl (C=O) groups is 1. The van der Waals surface area contributed by atoms with E-state index in [1.165, 1.54) is 0 Å². The van der Waals surface area contributed by atoms with E-state index >= 15 is 0 Å². The van der Waals surface area contributed by atoms with Gasteiger partial charge in [-0.05, 0) is 32.0 Å². The zero-order valence-electron chi connectivity index (χ0n) is 10.7. The molecule has 5 heteroatoms. The number of aryl methyl sites for hydroxylation is 1. The van der Waals surface area contributed by atoms with Crippen molar-refractivity contribution in [1.82, 2.24) is 20.0 Å². The van der Waals surface area contributed by atoms with Crippen molar-refractivity contribution in [2.24, 2.45) is 0 Å². The highest BCUT2D eigenvalue weighted by atomic mass is 16.2. The first-order valence-electron chi connectivity index (χ1n) is 6.08. The normalized spacial score (nSPS) is 10.5. The predicted octanol–water partition coefficient (Wildman–Crippen LogP) is 0.731. The maximum atomic E-state index is 11.3. The van der Waals surface area contributed by atoms with Crippen molar-refractivity contribution >= 4 is 5.91 Å². The third-order valence-electron chi connectivity index (χ3n) is 2.54. The molecule has 1 aromatic heterocycles. The highest BCUT2D eigenvalue weighted by Crippen LogP contribution is 1.92. The van der Waals surface area contributed by atoms with Crippen LogP contribution in [0.15, 0.2) is 18.5 Å². The van der Waals surface area contributed by atoms with Crippen molar-refractivity contribution < 1.29 is 4.79 Å². The van der Waals surface area contributed by atoms with Gasteiger partial charge in [-0.1, -0.05) is 0 Å². The summed E-state index contributed by atoms with van der Waals surface area (Å²) >= 11 is 0. The summed E-state index contributed by atoms with van der Waals surface area (Å²) in [6, 6.07) is 1.93. The minimum absolute atomic E-state index is 0.198. The first-order valence-corrected chi connectivity index (χ1v) is 6.08. The second kappa shape index (κ2) is 7.84. The number of aromatic nitrogens is 2. The molecule has 0 saturated heterocycles. The van der Waals surface area contributed by atoms with Crippen LogP contribution in [0.3, 0.4) is 0 Å². The molecule has 0 unspecified atom stereocenters. The predicted molar refractivity (Wildman–Crippen MR) is 67.6 cm³/mol. The number of nitrogens with one attached hydrogen (secondary N) is 1. The minimum Gasteiger partial charge on any atom is -0.349 e. The van der Waals surface area contributed by atoms with Gasteiger partial charge in [-0.25, -0.2) is 0 Å². The quantitative estimate of drug-likeness (QED) is 0.679. The van der Waals surface area contributed by atoms with Gasteiger partial charge in [0.1, 0.15) is 0 Å². The molecule has 0 aliphatic carbocycles. The molecule has 1 amide bonds. The van der Waals surface area contributed by atoms with E-state index in [1.807, 2.05) is 16.9 Å². The molecule has 1 N–H and O–H groups in total. The first kappa shape index (κ1) is 13.7. The molecular weight excluding hydrogens is 216 g/mol. The Balaban J connectivity index is 1.89. The van der Waals surface area contributed by atoms with Gasteiger partial charge in [0.2, 0.25) is 5.91 Å². The molecule has 0 aromatic carbocycles. The molecule has 0 spiro atoms. The number of carbonyl (C=O) groups excluding carboxylic acids is 1. The van der Waals surface area contributed by atoms with Gasteiger partial charge in [0, 0.05) is 39.5 Å². The maximum Gasteiger partial charge on any atom is 0.222 e. The summed E-state index contributed by atoms with van der Waals surface area (Å²) in [6.07, 6.45) is 6.34. The van der Waals surface area contributed by atoms with Crippen molar-refractivity contribution in [2.45, 2.75) is 25.8 Å². The van der Waals surface area contributed by atoms with Gasteiger partial charge in [0.05, 0.1) is 0 Å². The van der Waals surface area contributed by atoms with Gasteiger partial charge in [0.15, 0.2) is 0 Å². The zero-order valence-corrected chi connectivity index (χ0v) is 10.7. The minimum atomic E-state index is 0.198. The summed E-state index contributed by atoms with van der Waals surface area (Å²) in [5.41, 5.74) is 0. The monoisotopic (exact) mass is 238 g/mol. The Morgan fingerprint density at radius 3 is 2.76 bits per heavy atom. The number of rotatable bonds is 8. The standard InChI is InChI=1S/C12H22N4O/c1-15(2)12(17)6-3-7-13-8-4-10-16-11-5-9-14-16/h5,9,11,13H,3-4,6-8,10H2,1-2H3. The van der Waals surface area contributed by atoms with Crippen molar-refractivity contribution in [3.63, 3.8) is 0 Å². The second-order valence-electron chi connectivity index (χ2n) is 4.26. The molecule has 1 rings (SSSR count). The molecule has 0 saturated carbocycles. The van der Waals surface area contributed by atoms with Crippen molar-refractivity contribution in [1.29, 1.82) is 0 Å². The van der Waals surface area contributed by atoms with E-state index in [-0.39, 0.29) is 5.91 Å². The van der Waals surface area contributed by atoms with Gasteiger partial charge in [-0.15, -0.1) is 0 Å². The molecule has 0 fully saturated rings. The van der Waals surface area contributed by atoms with E-state index in [0.29, 0.717) is 6.42 Å². The summed E-state index contributed by atoms with van der Waals surface area (Å²) in [4.78, 5) is 12.9. The molecule has 96 valence electrons. The fourth-order valence-electron chi connectivity index (χ4n) is 1.51. The highest BCUT2D eigenvalue weighted by Gasteiger charge is 2.02. The number of nitrogens with zero attached hydrogens (tertiary/aromatic N) is 3.